The van der Waals surface area contributed by atoms with Crippen molar-refractivity contribution >= 4 is 27.3 Å². The number of nitrogens with zero attached hydrogens (tertiary/aromatic N) is 2. The number of nitro groups is 1. The summed E-state index contributed by atoms with van der Waals surface area (Å²) < 4.78 is 24.9. The molecule has 0 unspecified atom stereocenters. The van der Waals surface area contributed by atoms with Crippen LogP contribution < -0.4 is 0 Å². The van der Waals surface area contributed by atoms with E-state index < -0.39 is 14.9 Å². The Balaban J connectivity index is 3.40. The van der Waals surface area contributed by atoms with Crippen molar-refractivity contribution in [2.45, 2.75) is 11.8 Å². The van der Waals surface area contributed by atoms with Crippen molar-refractivity contribution in [1.82, 2.24) is 4.47 Å². The Morgan fingerprint density at radius 1 is 1.50 bits per heavy atom. The van der Waals surface area contributed by atoms with E-state index in [1.54, 1.807) is 6.92 Å². The van der Waals surface area contributed by atoms with E-state index in [4.69, 9.17) is 16.4 Å². The molecule has 0 amide bonds. The van der Waals surface area contributed by atoms with Gasteiger partial charge in [0.15, 0.2) is 0 Å². The van der Waals surface area contributed by atoms with Gasteiger partial charge in [0, 0.05) is 18.7 Å². The Morgan fingerprint density at radius 3 is 2.56 bits per heavy atom. The molecular formula is C9H11ClN2O5S. The zero-order chi connectivity index (χ0) is 13.9. The van der Waals surface area contributed by atoms with Crippen molar-refractivity contribution in [2.24, 2.45) is 0 Å². The number of non-ortho nitro benzene ring substituents is 1. The Hall–Kier alpha value is -1.22. The third-order valence-corrected chi connectivity index (χ3v) is 4.41. The van der Waals surface area contributed by atoms with E-state index in [2.05, 4.69) is 0 Å². The summed E-state index contributed by atoms with van der Waals surface area (Å²) in [5.41, 5.74) is -0.356. The second kappa shape index (κ2) is 5.61. The highest BCUT2D eigenvalue weighted by Crippen LogP contribution is 2.28. The summed E-state index contributed by atoms with van der Waals surface area (Å²) in [7, 11) is -2.83. The average molecular weight is 295 g/mol. The minimum atomic E-state index is -4.01. The van der Waals surface area contributed by atoms with Crippen molar-refractivity contribution < 1.29 is 18.2 Å². The quantitative estimate of drug-likeness (QED) is 0.610. The molecule has 0 aliphatic heterocycles. The van der Waals surface area contributed by atoms with Gasteiger partial charge >= 0.3 is 0 Å². The molecule has 0 N–H and O–H groups in total. The molecule has 0 aliphatic carbocycles. The number of halogens is 1. The monoisotopic (exact) mass is 294 g/mol. The molecule has 0 fully saturated rings. The molecule has 7 nitrogen and oxygen atoms in total. The highest BCUT2D eigenvalue weighted by atomic mass is 35.5. The first-order valence-electron chi connectivity index (χ1n) is 4.85. The molecule has 0 saturated heterocycles. The molecule has 0 aromatic heterocycles. The third-order valence-electron chi connectivity index (χ3n) is 2.13. The molecule has 1 aromatic rings. The molecular weight excluding hydrogens is 284 g/mol. The number of hydrogen-bond donors (Lipinski definition) is 0. The zero-order valence-corrected chi connectivity index (χ0v) is 11.2. The first-order chi connectivity index (χ1) is 8.34. The molecule has 0 atom stereocenters. The van der Waals surface area contributed by atoms with Gasteiger partial charge in [-0.15, -0.1) is 0 Å². The predicted molar refractivity (Wildman–Crippen MR) is 64.7 cm³/mol. The first-order valence-corrected chi connectivity index (χ1v) is 6.67. The van der Waals surface area contributed by atoms with Crippen LogP contribution in [0.25, 0.3) is 0 Å². The summed E-state index contributed by atoms with van der Waals surface area (Å²) in [6.45, 7) is 1.62. The van der Waals surface area contributed by atoms with Gasteiger partial charge in [-0.2, -0.15) is 0 Å². The molecule has 0 heterocycles. The van der Waals surface area contributed by atoms with Crippen LogP contribution in [0, 0.1) is 10.1 Å². The average Bonchev–Trinajstić information content (AvgIpc) is 2.30. The molecule has 0 radical (unpaired) electrons. The van der Waals surface area contributed by atoms with Crippen molar-refractivity contribution in [2.75, 3.05) is 13.7 Å². The van der Waals surface area contributed by atoms with Gasteiger partial charge in [0.2, 0.25) is 0 Å². The minimum absolute atomic E-state index is 0.0534. The van der Waals surface area contributed by atoms with E-state index in [9.17, 15) is 18.5 Å². The van der Waals surface area contributed by atoms with Crippen LogP contribution in [0.15, 0.2) is 23.1 Å². The molecule has 0 spiro atoms. The lowest BCUT2D eigenvalue weighted by atomic mass is 10.3. The lowest BCUT2D eigenvalue weighted by Crippen LogP contribution is -2.30. The largest absolute Gasteiger partial charge is 0.287 e. The highest BCUT2D eigenvalue weighted by molar-refractivity contribution is 7.89. The fourth-order valence-corrected chi connectivity index (χ4v) is 3.06. The van der Waals surface area contributed by atoms with Crippen molar-refractivity contribution in [3.8, 4) is 0 Å². The smallest absolute Gasteiger partial charge is 0.270 e. The van der Waals surface area contributed by atoms with E-state index >= 15 is 0 Å². The molecule has 100 valence electrons. The summed E-state index contributed by atoms with van der Waals surface area (Å²) in [6, 6.07) is 3.19. The lowest BCUT2D eigenvalue weighted by Gasteiger charge is -2.17. The maximum absolute atomic E-state index is 12.1. The van der Waals surface area contributed by atoms with Gasteiger partial charge in [-0.05, 0) is 13.0 Å². The van der Waals surface area contributed by atoms with Gasteiger partial charge in [-0.25, -0.2) is 8.42 Å². The van der Waals surface area contributed by atoms with Crippen LogP contribution >= 0.6 is 11.6 Å². The molecule has 1 rings (SSSR count). The van der Waals surface area contributed by atoms with Gasteiger partial charge in [-0.3, -0.25) is 15.0 Å². The molecule has 1 aromatic carbocycles. The summed E-state index contributed by atoms with van der Waals surface area (Å²) >= 11 is 5.76. The Labute approximate surface area is 109 Å². The first kappa shape index (κ1) is 14.8. The number of benzene rings is 1. The predicted octanol–water partition coefficient (Wildman–Crippen LogP) is 1.82. The third kappa shape index (κ3) is 2.78. The van der Waals surface area contributed by atoms with Gasteiger partial charge in [0.05, 0.1) is 17.1 Å². The molecule has 18 heavy (non-hydrogen) atoms. The number of sulfonamides is 1. The number of rotatable bonds is 5. The van der Waals surface area contributed by atoms with Gasteiger partial charge in [0.25, 0.3) is 15.7 Å². The second-order valence-corrected chi connectivity index (χ2v) is 5.38. The lowest BCUT2D eigenvalue weighted by molar-refractivity contribution is -0.385. The summed E-state index contributed by atoms with van der Waals surface area (Å²) in [5.74, 6) is 0. The highest BCUT2D eigenvalue weighted by Gasteiger charge is 2.27. The van der Waals surface area contributed by atoms with Crippen LogP contribution in [0.1, 0.15) is 6.92 Å². The number of nitro benzene ring substituents is 1. The second-order valence-electron chi connectivity index (χ2n) is 3.18. The fraction of sp³-hybridized carbons (Fsp3) is 0.333. The molecule has 0 aliphatic rings. The maximum Gasteiger partial charge on any atom is 0.270 e. The van der Waals surface area contributed by atoms with Gasteiger partial charge in [-0.1, -0.05) is 16.1 Å². The maximum atomic E-state index is 12.1. The Kier molecular flexibility index (Phi) is 4.63. The van der Waals surface area contributed by atoms with E-state index in [0.29, 0.717) is 4.47 Å². The summed E-state index contributed by atoms with van der Waals surface area (Å²) in [4.78, 5) is 14.3. The normalized spacial score (nSPS) is 11.8. The summed E-state index contributed by atoms with van der Waals surface area (Å²) in [6.07, 6.45) is 0. The van der Waals surface area contributed by atoms with Crippen molar-refractivity contribution in [3.63, 3.8) is 0 Å². The van der Waals surface area contributed by atoms with Crippen LogP contribution in [0.4, 0.5) is 5.69 Å². The van der Waals surface area contributed by atoms with Crippen molar-refractivity contribution in [3.05, 3.63) is 33.3 Å². The SMILES string of the molecule is CCN(OC)S(=O)(=O)c1cc([N+](=O)[O-])ccc1Cl. The fourth-order valence-electron chi connectivity index (χ4n) is 1.31. The van der Waals surface area contributed by atoms with E-state index in [1.807, 2.05) is 0 Å². The Morgan fingerprint density at radius 2 is 2.11 bits per heavy atom. The van der Waals surface area contributed by atoms with Crippen LogP contribution in [-0.2, 0) is 14.9 Å². The number of hydrogen-bond acceptors (Lipinski definition) is 5. The standard InChI is InChI=1S/C9H11ClN2O5S/c1-3-11(17-2)18(15,16)9-6-7(12(13)14)4-5-8(9)10/h4-6H,3H2,1-2H3. The molecule has 0 saturated carbocycles. The van der Waals surface area contributed by atoms with Gasteiger partial charge < -0.3 is 0 Å². The summed E-state index contributed by atoms with van der Waals surface area (Å²) in [5, 5.41) is 10.5. The van der Waals surface area contributed by atoms with Crippen LogP contribution in [0.2, 0.25) is 5.02 Å². The van der Waals surface area contributed by atoms with E-state index in [-0.39, 0.29) is 22.2 Å². The van der Waals surface area contributed by atoms with Crippen LogP contribution in [0.3, 0.4) is 0 Å². The van der Waals surface area contributed by atoms with Crippen molar-refractivity contribution in [1.29, 1.82) is 0 Å². The van der Waals surface area contributed by atoms with Gasteiger partial charge in [0.1, 0.15) is 4.90 Å². The zero-order valence-electron chi connectivity index (χ0n) is 9.66. The Bertz CT molecular complexity index is 556. The number of hydroxylamine groups is 1. The van der Waals surface area contributed by atoms with E-state index in [0.717, 1.165) is 18.2 Å². The van der Waals surface area contributed by atoms with E-state index in [1.165, 1.54) is 7.11 Å². The minimum Gasteiger partial charge on any atom is -0.287 e. The topological polar surface area (TPSA) is 89.8 Å². The van der Waals surface area contributed by atoms with Crippen LogP contribution in [-0.4, -0.2) is 31.5 Å². The molecule has 0 bridgehead atoms. The molecule has 9 heteroatoms. The van der Waals surface area contributed by atoms with Crippen LogP contribution in [0.5, 0.6) is 0 Å².